The van der Waals surface area contributed by atoms with Crippen LogP contribution in [-0.4, -0.2) is 29.2 Å². The number of carboxylic acid groups (broad SMARTS) is 1. The number of hydrogen-bond acceptors (Lipinski definition) is 2. The van der Waals surface area contributed by atoms with Gasteiger partial charge in [0, 0.05) is 12.1 Å². The lowest BCUT2D eigenvalue weighted by Gasteiger charge is -2.31. The molecule has 0 aromatic heterocycles. The minimum atomic E-state index is -0.822. The summed E-state index contributed by atoms with van der Waals surface area (Å²) in [4.78, 5) is 23.4. The highest BCUT2D eigenvalue weighted by Crippen LogP contribution is 2.38. The van der Waals surface area contributed by atoms with Gasteiger partial charge in [-0.05, 0) is 38.5 Å². The molecule has 0 spiro atoms. The Labute approximate surface area is 120 Å². The molecule has 0 aromatic carbocycles. The summed E-state index contributed by atoms with van der Waals surface area (Å²) >= 11 is 0. The van der Waals surface area contributed by atoms with Crippen molar-refractivity contribution >= 4 is 12.0 Å². The van der Waals surface area contributed by atoms with Gasteiger partial charge in [0.25, 0.3) is 0 Å². The first kappa shape index (κ1) is 15.1. The van der Waals surface area contributed by atoms with Gasteiger partial charge in [0.05, 0.1) is 5.41 Å². The van der Waals surface area contributed by atoms with E-state index in [0.717, 1.165) is 32.1 Å². The summed E-state index contributed by atoms with van der Waals surface area (Å²) in [5.41, 5.74) is -0.822. The summed E-state index contributed by atoms with van der Waals surface area (Å²) in [6.07, 6.45) is 6.67. The average Bonchev–Trinajstić information content (AvgIpc) is 2.72. The molecule has 2 amide bonds. The Morgan fingerprint density at radius 3 is 2.55 bits per heavy atom. The van der Waals surface area contributed by atoms with Crippen LogP contribution in [0.1, 0.15) is 58.8 Å². The topological polar surface area (TPSA) is 78.4 Å². The Balaban J connectivity index is 1.86. The van der Waals surface area contributed by atoms with Crippen molar-refractivity contribution in [2.75, 3.05) is 0 Å². The van der Waals surface area contributed by atoms with Crippen LogP contribution in [0.25, 0.3) is 0 Å². The lowest BCUT2D eigenvalue weighted by Crippen LogP contribution is -2.52. The van der Waals surface area contributed by atoms with Crippen molar-refractivity contribution in [3.05, 3.63) is 0 Å². The molecule has 2 saturated carbocycles. The van der Waals surface area contributed by atoms with E-state index < -0.39 is 11.4 Å². The number of urea groups is 1. The zero-order valence-electron chi connectivity index (χ0n) is 12.4. The van der Waals surface area contributed by atoms with E-state index in [-0.39, 0.29) is 18.1 Å². The molecule has 0 aromatic rings. The fourth-order valence-electron chi connectivity index (χ4n) is 3.60. The molecule has 2 aliphatic carbocycles. The summed E-state index contributed by atoms with van der Waals surface area (Å²) in [6.45, 7) is 3.94. The molecule has 5 nitrogen and oxygen atoms in total. The van der Waals surface area contributed by atoms with E-state index in [2.05, 4.69) is 17.6 Å². The second-order valence-electron chi connectivity index (χ2n) is 6.75. The molecule has 4 unspecified atom stereocenters. The number of nitrogens with one attached hydrogen (secondary N) is 2. The van der Waals surface area contributed by atoms with Crippen molar-refractivity contribution < 1.29 is 14.7 Å². The molecule has 4 atom stereocenters. The van der Waals surface area contributed by atoms with Gasteiger partial charge in [-0.25, -0.2) is 4.79 Å². The van der Waals surface area contributed by atoms with Crippen LogP contribution < -0.4 is 10.6 Å². The van der Waals surface area contributed by atoms with Crippen LogP contribution in [0.15, 0.2) is 0 Å². The minimum Gasteiger partial charge on any atom is -0.481 e. The molecule has 0 bridgehead atoms. The van der Waals surface area contributed by atoms with Gasteiger partial charge < -0.3 is 15.7 Å². The summed E-state index contributed by atoms with van der Waals surface area (Å²) in [5.74, 6) is -0.156. The zero-order chi connectivity index (χ0) is 14.8. The smallest absolute Gasteiger partial charge is 0.315 e. The number of amides is 2. The van der Waals surface area contributed by atoms with Crippen molar-refractivity contribution in [2.45, 2.75) is 70.9 Å². The molecule has 0 aliphatic heterocycles. The second-order valence-corrected chi connectivity index (χ2v) is 6.75. The maximum absolute atomic E-state index is 12.1. The van der Waals surface area contributed by atoms with E-state index in [1.165, 1.54) is 6.42 Å². The predicted octanol–water partition coefficient (Wildman–Crippen LogP) is 2.51. The van der Waals surface area contributed by atoms with Crippen LogP contribution in [0, 0.1) is 11.3 Å². The molecular weight excluding hydrogens is 256 g/mol. The largest absolute Gasteiger partial charge is 0.481 e. The predicted molar refractivity (Wildman–Crippen MR) is 76.5 cm³/mol. The summed E-state index contributed by atoms with van der Waals surface area (Å²) in [7, 11) is 0. The zero-order valence-corrected chi connectivity index (χ0v) is 12.4. The summed E-state index contributed by atoms with van der Waals surface area (Å²) in [5, 5.41) is 15.2. The van der Waals surface area contributed by atoms with Crippen molar-refractivity contribution in [1.82, 2.24) is 10.6 Å². The van der Waals surface area contributed by atoms with Gasteiger partial charge >= 0.3 is 12.0 Å². The number of rotatable bonds is 3. The highest BCUT2D eigenvalue weighted by molar-refractivity contribution is 5.79. The molecule has 2 fully saturated rings. The minimum absolute atomic E-state index is 0.205. The standard InChI is InChI=1S/C15H26N2O3/c1-10-5-3-6-11(9-10)16-14(20)17-12-7-4-8-15(12,2)13(18)19/h10-12H,3-9H2,1-2H3,(H,18,19)(H2,16,17,20). The van der Waals surface area contributed by atoms with Crippen LogP contribution >= 0.6 is 0 Å². The molecule has 5 heteroatoms. The molecule has 0 saturated heterocycles. The number of aliphatic carboxylic acids is 1. The van der Waals surface area contributed by atoms with Crippen molar-refractivity contribution in [3.63, 3.8) is 0 Å². The van der Waals surface area contributed by atoms with Crippen molar-refractivity contribution in [3.8, 4) is 0 Å². The summed E-state index contributed by atoms with van der Waals surface area (Å²) in [6, 6.07) is -0.235. The Kier molecular flexibility index (Phi) is 4.55. The van der Waals surface area contributed by atoms with Crippen LogP contribution in [0.3, 0.4) is 0 Å². The van der Waals surface area contributed by atoms with E-state index >= 15 is 0 Å². The quantitative estimate of drug-likeness (QED) is 0.744. The van der Waals surface area contributed by atoms with Gasteiger partial charge in [-0.3, -0.25) is 4.79 Å². The maximum Gasteiger partial charge on any atom is 0.315 e. The van der Waals surface area contributed by atoms with Gasteiger partial charge in [0.15, 0.2) is 0 Å². The SMILES string of the molecule is CC1CCCC(NC(=O)NC2CCCC2(C)C(=O)O)C1. The fraction of sp³-hybridized carbons (Fsp3) is 0.867. The fourth-order valence-corrected chi connectivity index (χ4v) is 3.60. The lowest BCUT2D eigenvalue weighted by atomic mass is 9.85. The van der Waals surface area contributed by atoms with Gasteiger partial charge in [-0.1, -0.05) is 26.2 Å². The van der Waals surface area contributed by atoms with E-state index in [4.69, 9.17) is 0 Å². The average molecular weight is 282 g/mol. The van der Waals surface area contributed by atoms with Crippen LogP contribution in [0.2, 0.25) is 0 Å². The first-order chi connectivity index (χ1) is 9.41. The maximum atomic E-state index is 12.1. The van der Waals surface area contributed by atoms with Crippen molar-refractivity contribution in [2.24, 2.45) is 11.3 Å². The van der Waals surface area contributed by atoms with Gasteiger partial charge in [-0.15, -0.1) is 0 Å². The molecule has 20 heavy (non-hydrogen) atoms. The first-order valence-electron chi connectivity index (χ1n) is 7.72. The Hall–Kier alpha value is -1.26. The third-order valence-corrected chi connectivity index (χ3v) is 5.02. The molecular formula is C15H26N2O3. The normalized spacial score (nSPS) is 37.4. The monoisotopic (exact) mass is 282 g/mol. The van der Waals surface area contributed by atoms with Gasteiger partial charge in [0.2, 0.25) is 0 Å². The molecule has 0 radical (unpaired) electrons. The lowest BCUT2D eigenvalue weighted by molar-refractivity contribution is -0.148. The first-order valence-corrected chi connectivity index (χ1v) is 7.72. The third kappa shape index (κ3) is 3.25. The van der Waals surface area contributed by atoms with Crippen molar-refractivity contribution in [1.29, 1.82) is 0 Å². The van der Waals surface area contributed by atoms with Gasteiger partial charge in [-0.2, -0.15) is 0 Å². The van der Waals surface area contributed by atoms with E-state index in [1.54, 1.807) is 6.92 Å². The Bertz CT molecular complexity index is 385. The number of carbonyl (C=O) groups excluding carboxylic acids is 1. The third-order valence-electron chi connectivity index (χ3n) is 5.02. The van der Waals surface area contributed by atoms with Crippen LogP contribution in [0.4, 0.5) is 4.79 Å². The number of carbonyl (C=O) groups is 2. The molecule has 3 N–H and O–H groups in total. The van der Waals surface area contributed by atoms with Gasteiger partial charge in [0.1, 0.15) is 0 Å². The highest BCUT2D eigenvalue weighted by Gasteiger charge is 2.46. The van der Waals surface area contributed by atoms with Crippen LogP contribution in [-0.2, 0) is 4.79 Å². The summed E-state index contributed by atoms with van der Waals surface area (Å²) < 4.78 is 0. The molecule has 2 rings (SSSR count). The number of carboxylic acids is 1. The highest BCUT2D eigenvalue weighted by atomic mass is 16.4. The Morgan fingerprint density at radius 1 is 1.15 bits per heavy atom. The Morgan fingerprint density at radius 2 is 1.90 bits per heavy atom. The van der Waals surface area contributed by atoms with E-state index in [9.17, 15) is 14.7 Å². The second kappa shape index (κ2) is 6.02. The van der Waals surface area contributed by atoms with E-state index in [0.29, 0.717) is 12.3 Å². The molecule has 114 valence electrons. The number of hydrogen-bond donors (Lipinski definition) is 3. The molecule has 2 aliphatic rings. The molecule has 0 heterocycles. The van der Waals surface area contributed by atoms with Crippen LogP contribution in [0.5, 0.6) is 0 Å². The van der Waals surface area contributed by atoms with E-state index in [1.807, 2.05) is 0 Å².